The third-order valence-corrected chi connectivity index (χ3v) is 8.84. The maximum atomic E-state index is 14.4. The van der Waals surface area contributed by atoms with Crippen molar-refractivity contribution in [3.05, 3.63) is 76.5 Å². The number of halogens is 3. The molecule has 2 fully saturated rings. The Kier molecular flexibility index (Phi) is 11.4. The molecule has 2 aromatic carbocycles. The predicted molar refractivity (Wildman–Crippen MR) is 164 cm³/mol. The van der Waals surface area contributed by atoms with Crippen molar-refractivity contribution in [2.24, 2.45) is 0 Å². The monoisotopic (exact) mass is 648 g/mol. The van der Waals surface area contributed by atoms with E-state index in [2.05, 4.69) is 21.6 Å². The molecule has 5 rings (SSSR count). The molecule has 0 unspecified atom stereocenters. The largest absolute Gasteiger partial charge is 0.496 e. The summed E-state index contributed by atoms with van der Waals surface area (Å²) in [5.74, 6) is -1.78. The average molecular weight is 649 g/mol. The number of rotatable bonds is 8. The van der Waals surface area contributed by atoms with Crippen LogP contribution in [-0.2, 0) is 14.3 Å². The fourth-order valence-corrected chi connectivity index (χ4v) is 6.72. The number of para-hydroxylation sites is 1. The van der Waals surface area contributed by atoms with Crippen molar-refractivity contribution in [3.8, 4) is 5.75 Å². The summed E-state index contributed by atoms with van der Waals surface area (Å²) in [6, 6.07) is 8.29. The van der Waals surface area contributed by atoms with Crippen LogP contribution in [0.15, 0.2) is 53.7 Å². The van der Waals surface area contributed by atoms with Gasteiger partial charge in [0.2, 0.25) is 0 Å². The Morgan fingerprint density at radius 1 is 1.00 bits per heavy atom. The summed E-state index contributed by atoms with van der Waals surface area (Å²) in [7, 11) is 4.22. The third-order valence-electron chi connectivity index (χ3n) is 8.84. The Labute approximate surface area is 267 Å². The highest BCUT2D eigenvalue weighted by atomic mass is 35.5. The zero-order chi connectivity index (χ0) is 31.4. The zero-order valence-corrected chi connectivity index (χ0v) is 26.3. The fourth-order valence-electron chi connectivity index (χ4n) is 6.72. The van der Waals surface area contributed by atoms with Crippen molar-refractivity contribution in [3.63, 3.8) is 0 Å². The van der Waals surface area contributed by atoms with Crippen LogP contribution in [0, 0.1) is 11.6 Å². The SMILES string of the molecule is COCC1=C(C(=O)OC)[C@H](c2ccc(F)c(F)c2)N(C(=O)N[C@@H]2CCN([C@H]3CC[C@H](c4ccccc4OC)CC3)C2)C(=O)N1.Cl. The van der Waals surface area contributed by atoms with Crippen molar-refractivity contribution in [1.29, 1.82) is 0 Å². The molecular formula is C32H39ClF2N4O6. The second-order valence-electron chi connectivity index (χ2n) is 11.4. The third kappa shape index (κ3) is 7.23. The van der Waals surface area contributed by atoms with Gasteiger partial charge in [-0.05, 0) is 67.3 Å². The highest BCUT2D eigenvalue weighted by molar-refractivity contribution is 6.01. The molecule has 1 saturated carbocycles. The molecule has 2 N–H and O–H groups in total. The molecule has 2 aliphatic heterocycles. The van der Waals surface area contributed by atoms with E-state index in [0.29, 0.717) is 24.9 Å². The number of likely N-dealkylation sites (tertiary alicyclic amines) is 1. The summed E-state index contributed by atoms with van der Waals surface area (Å²) in [4.78, 5) is 43.2. The second kappa shape index (κ2) is 15.0. The lowest BCUT2D eigenvalue weighted by atomic mass is 9.81. The van der Waals surface area contributed by atoms with Gasteiger partial charge in [-0.3, -0.25) is 4.90 Å². The number of hydrogen-bond acceptors (Lipinski definition) is 7. The molecule has 1 aliphatic carbocycles. The van der Waals surface area contributed by atoms with Gasteiger partial charge in [0.25, 0.3) is 0 Å². The number of hydrogen-bond donors (Lipinski definition) is 2. The van der Waals surface area contributed by atoms with E-state index in [9.17, 15) is 23.2 Å². The predicted octanol–water partition coefficient (Wildman–Crippen LogP) is 5.05. The standard InChI is InChI=1S/C32H38F2N4O6.ClH/c1-42-18-26-28(30(39)44-3)29(20-10-13-24(33)25(34)16-20)38(32(41)36-26)31(40)35-21-14-15-37(17-21)22-11-8-19(9-12-22)23-6-4-5-7-27(23)43-2;/h4-7,10,13,16,19,21-22,29H,8-9,11-12,14-15,17-18H2,1-3H3,(H,35,40)(H,36,41);1H/t19-,21-,22-,29+;/m1./s1. The number of nitrogens with zero attached hydrogens (tertiary/aromatic N) is 2. The van der Waals surface area contributed by atoms with Crippen LogP contribution < -0.4 is 15.4 Å². The summed E-state index contributed by atoms with van der Waals surface area (Å²) < 4.78 is 43.9. The van der Waals surface area contributed by atoms with Crippen LogP contribution >= 0.6 is 12.4 Å². The number of methoxy groups -OCH3 is 3. The van der Waals surface area contributed by atoms with Gasteiger partial charge in [0.1, 0.15) is 11.8 Å². The second-order valence-corrected chi connectivity index (χ2v) is 11.4. The Hall–Kier alpha value is -3.74. The van der Waals surface area contributed by atoms with Gasteiger partial charge in [0.15, 0.2) is 11.6 Å². The molecule has 244 valence electrons. The Morgan fingerprint density at radius 2 is 1.73 bits per heavy atom. The van der Waals surface area contributed by atoms with Crippen molar-refractivity contribution in [1.82, 2.24) is 20.4 Å². The first-order valence-electron chi connectivity index (χ1n) is 14.8. The molecule has 13 heteroatoms. The number of carbonyl (C=O) groups excluding carboxylic acids is 3. The summed E-state index contributed by atoms with van der Waals surface area (Å²) in [6.07, 6.45) is 4.79. The average Bonchev–Trinajstić information content (AvgIpc) is 3.50. The van der Waals surface area contributed by atoms with E-state index >= 15 is 0 Å². The van der Waals surface area contributed by atoms with Gasteiger partial charge >= 0.3 is 18.0 Å². The van der Waals surface area contributed by atoms with Crippen LogP contribution in [0.4, 0.5) is 18.4 Å². The van der Waals surface area contributed by atoms with Crippen LogP contribution in [0.1, 0.15) is 55.2 Å². The topological polar surface area (TPSA) is 109 Å². The summed E-state index contributed by atoms with van der Waals surface area (Å²) in [6.45, 7) is 1.22. The molecular weight excluding hydrogens is 610 g/mol. The van der Waals surface area contributed by atoms with Crippen LogP contribution in [0.3, 0.4) is 0 Å². The minimum absolute atomic E-state index is 0. The van der Waals surface area contributed by atoms with E-state index in [1.54, 1.807) is 7.11 Å². The summed E-state index contributed by atoms with van der Waals surface area (Å²) in [5, 5.41) is 5.49. The lowest BCUT2D eigenvalue weighted by Crippen LogP contribution is -2.56. The molecule has 45 heavy (non-hydrogen) atoms. The van der Waals surface area contributed by atoms with Gasteiger partial charge in [-0.15, -0.1) is 12.4 Å². The number of ether oxygens (including phenoxy) is 3. The van der Waals surface area contributed by atoms with E-state index in [-0.39, 0.29) is 41.9 Å². The summed E-state index contributed by atoms with van der Waals surface area (Å²) in [5.41, 5.74) is 1.22. The minimum atomic E-state index is -1.38. The van der Waals surface area contributed by atoms with E-state index in [1.807, 2.05) is 18.2 Å². The van der Waals surface area contributed by atoms with Gasteiger partial charge in [-0.2, -0.15) is 0 Å². The van der Waals surface area contributed by atoms with Crippen molar-refractivity contribution in [2.75, 3.05) is 41.0 Å². The fraction of sp³-hybridized carbons (Fsp3) is 0.469. The molecule has 4 amide bonds. The van der Waals surface area contributed by atoms with Gasteiger partial charge in [0.05, 0.1) is 32.1 Å². The number of benzene rings is 2. The number of imide groups is 1. The van der Waals surface area contributed by atoms with E-state index < -0.39 is 35.7 Å². The Morgan fingerprint density at radius 3 is 2.40 bits per heavy atom. The molecule has 0 bridgehead atoms. The lowest BCUT2D eigenvalue weighted by molar-refractivity contribution is -0.137. The quantitative estimate of drug-likeness (QED) is 0.386. The van der Waals surface area contributed by atoms with Crippen LogP contribution in [0.25, 0.3) is 0 Å². The van der Waals surface area contributed by atoms with E-state index in [4.69, 9.17) is 14.2 Å². The zero-order valence-electron chi connectivity index (χ0n) is 25.5. The molecule has 3 aliphatic rings. The molecule has 0 radical (unpaired) electrons. The maximum absolute atomic E-state index is 14.4. The smallest absolute Gasteiger partial charge is 0.338 e. The number of amides is 4. The highest BCUT2D eigenvalue weighted by Crippen LogP contribution is 2.40. The molecule has 0 spiro atoms. The van der Waals surface area contributed by atoms with E-state index in [0.717, 1.165) is 62.1 Å². The maximum Gasteiger partial charge on any atom is 0.338 e. The van der Waals surface area contributed by atoms with Crippen molar-refractivity contribution in [2.45, 2.75) is 56.1 Å². The molecule has 1 saturated heterocycles. The summed E-state index contributed by atoms with van der Waals surface area (Å²) >= 11 is 0. The molecule has 2 atom stereocenters. The Balaban J connectivity index is 0.00000461. The van der Waals surface area contributed by atoms with Crippen molar-refractivity contribution < 1.29 is 37.4 Å². The first-order chi connectivity index (χ1) is 21.2. The lowest BCUT2D eigenvalue weighted by Gasteiger charge is -2.37. The first kappa shape index (κ1) is 34.1. The van der Waals surface area contributed by atoms with Gasteiger partial charge in [-0.1, -0.05) is 24.3 Å². The molecule has 0 aromatic heterocycles. The first-order valence-corrected chi connectivity index (χ1v) is 14.8. The van der Waals surface area contributed by atoms with Crippen LogP contribution in [0.5, 0.6) is 5.75 Å². The number of urea groups is 2. The number of nitrogens with one attached hydrogen (secondary N) is 2. The normalized spacial score (nSPS) is 23.7. The molecule has 2 aromatic rings. The number of carbonyl (C=O) groups is 3. The van der Waals surface area contributed by atoms with Gasteiger partial charge in [-0.25, -0.2) is 28.1 Å². The molecule has 10 nitrogen and oxygen atoms in total. The van der Waals surface area contributed by atoms with Crippen molar-refractivity contribution >= 4 is 30.4 Å². The van der Waals surface area contributed by atoms with Gasteiger partial charge < -0.3 is 24.8 Å². The highest BCUT2D eigenvalue weighted by Gasteiger charge is 2.44. The van der Waals surface area contributed by atoms with Crippen LogP contribution in [0.2, 0.25) is 0 Å². The number of esters is 1. The molecule has 2 heterocycles. The van der Waals surface area contributed by atoms with E-state index in [1.165, 1.54) is 18.7 Å². The Bertz CT molecular complexity index is 1430. The van der Waals surface area contributed by atoms with Crippen LogP contribution in [-0.4, -0.2) is 80.9 Å². The minimum Gasteiger partial charge on any atom is -0.496 e. The van der Waals surface area contributed by atoms with Gasteiger partial charge in [0, 0.05) is 32.3 Å².